The Labute approximate surface area is 134 Å². The maximum absolute atomic E-state index is 6.07. The summed E-state index contributed by atoms with van der Waals surface area (Å²) in [5.74, 6) is 1.50. The Morgan fingerprint density at radius 3 is 2.52 bits per heavy atom. The number of rotatable bonds is 6. The fourth-order valence-corrected chi connectivity index (χ4v) is 2.40. The van der Waals surface area contributed by atoms with Crippen LogP contribution in [0.2, 0.25) is 10.0 Å². The molecule has 0 fully saturated rings. The van der Waals surface area contributed by atoms with Crippen molar-refractivity contribution in [3.8, 4) is 11.5 Å². The first kappa shape index (κ1) is 16.0. The normalized spacial score (nSPS) is 12.0. The lowest BCUT2D eigenvalue weighted by atomic mass is 10.1. The van der Waals surface area contributed by atoms with E-state index in [1.807, 2.05) is 37.4 Å². The summed E-state index contributed by atoms with van der Waals surface area (Å²) >= 11 is 12.0. The Kier molecular flexibility index (Phi) is 5.74. The van der Waals surface area contributed by atoms with Crippen molar-refractivity contribution in [2.24, 2.45) is 0 Å². The summed E-state index contributed by atoms with van der Waals surface area (Å²) in [7, 11) is 3.50. The molecule has 0 aliphatic heterocycles. The summed E-state index contributed by atoms with van der Waals surface area (Å²) in [4.78, 5) is 0. The molecule has 1 unspecified atom stereocenters. The second kappa shape index (κ2) is 7.55. The van der Waals surface area contributed by atoms with Gasteiger partial charge in [-0.15, -0.1) is 0 Å². The second-order valence-corrected chi connectivity index (χ2v) is 5.37. The summed E-state index contributed by atoms with van der Waals surface area (Å²) in [6, 6.07) is 12.8. The number of nitrogens with one attached hydrogen (secondary N) is 1. The molecule has 0 saturated carbocycles. The lowest BCUT2D eigenvalue weighted by Gasteiger charge is -2.20. The van der Waals surface area contributed by atoms with Gasteiger partial charge >= 0.3 is 0 Å². The summed E-state index contributed by atoms with van der Waals surface area (Å²) in [5.41, 5.74) is 0.953. The number of benzene rings is 2. The summed E-state index contributed by atoms with van der Waals surface area (Å²) in [6.45, 7) is 0.438. The van der Waals surface area contributed by atoms with Gasteiger partial charge in [0.05, 0.1) is 13.2 Å². The monoisotopic (exact) mass is 325 g/mol. The third kappa shape index (κ3) is 4.27. The van der Waals surface area contributed by atoms with Crippen molar-refractivity contribution in [2.75, 3.05) is 20.8 Å². The summed E-state index contributed by atoms with van der Waals surface area (Å²) < 4.78 is 11.2. The van der Waals surface area contributed by atoms with Gasteiger partial charge in [0.15, 0.2) is 0 Å². The van der Waals surface area contributed by atoms with Crippen LogP contribution in [-0.4, -0.2) is 20.8 Å². The van der Waals surface area contributed by atoms with E-state index in [4.69, 9.17) is 32.7 Å². The summed E-state index contributed by atoms with van der Waals surface area (Å²) in [5, 5.41) is 4.52. The lowest BCUT2D eigenvalue weighted by molar-refractivity contribution is 0.269. The molecule has 112 valence electrons. The minimum atomic E-state index is -0.0439. The van der Waals surface area contributed by atoms with Gasteiger partial charge in [0, 0.05) is 15.6 Å². The lowest BCUT2D eigenvalue weighted by Crippen LogP contribution is -2.23. The number of hydrogen-bond donors (Lipinski definition) is 1. The predicted octanol–water partition coefficient (Wildman–Crippen LogP) is 4.34. The quantitative estimate of drug-likeness (QED) is 0.856. The summed E-state index contributed by atoms with van der Waals surface area (Å²) in [6.07, 6.45) is 0. The Morgan fingerprint density at radius 1 is 1.10 bits per heavy atom. The van der Waals surface area contributed by atoms with Crippen LogP contribution in [-0.2, 0) is 0 Å². The molecule has 2 rings (SSSR count). The highest BCUT2D eigenvalue weighted by atomic mass is 35.5. The number of hydrogen-bond acceptors (Lipinski definition) is 3. The van der Waals surface area contributed by atoms with Crippen LogP contribution in [0.25, 0.3) is 0 Å². The van der Waals surface area contributed by atoms with Crippen molar-refractivity contribution in [1.29, 1.82) is 0 Å². The molecular formula is C16H17Cl2NO2. The molecule has 0 aromatic heterocycles. The molecule has 0 spiro atoms. The van der Waals surface area contributed by atoms with Gasteiger partial charge in [0.25, 0.3) is 0 Å². The van der Waals surface area contributed by atoms with Gasteiger partial charge in [-0.05, 0) is 43.4 Å². The van der Waals surface area contributed by atoms with E-state index >= 15 is 0 Å². The largest absolute Gasteiger partial charge is 0.496 e. The van der Waals surface area contributed by atoms with Gasteiger partial charge in [0.1, 0.15) is 18.1 Å². The molecular weight excluding hydrogens is 309 g/mol. The molecule has 2 aromatic carbocycles. The molecule has 21 heavy (non-hydrogen) atoms. The molecule has 0 aliphatic rings. The molecule has 1 N–H and O–H groups in total. The molecule has 0 amide bonds. The third-order valence-corrected chi connectivity index (χ3v) is 3.60. The first-order chi connectivity index (χ1) is 10.1. The van der Waals surface area contributed by atoms with Crippen LogP contribution in [0.5, 0.6) is 11.5 Å². The fourth-order valence-electron chi connectivity index (χ4n) is 2.04. The number of methoxy groups -OCH3 is 1. The van der Waals surface area contributed by atoms with Crippen LogP contribution in [0, 0.1) is 0 Å². The van der Waals surface area contributed by atoms with Crippen LogP contribution < -0.4 is 14.8 Å². The highest BCUT2D eigenvalue weighted by molar-refractivity contribution is 6.31. The van der Waals surface area contributed by atoms with Crippen molar-refractivity contribution >= 4 is 23.2 Å². The second-order valence-electron chi connectivity index (χ2n) is 4.50. The van der Waals surface area contributed by atoms with Gasteiger partial charge in [-0.1, -0.05) is 29.3 Å². The van der Waals surface area contributed by atoms with E-state index in [1.165, 1.54) is 0 Å². The number of halogens is 2. The van der Waals surface area contributed by atoms with Crippen LogP contribution in [0.3, 0.4) is 0 Å². The smallest absolute Gasteiger partial charge is 0.123 e. The minimum Gasteiger partial charge on any atom is -0.496 e. The van der Waals surface area contributed by atoms with E-state index in [-0.39, 0.29) is 6.04 Å². The average molecular weight is 326 g/mol. The van der Waals surface area contributed by atoms with E-state index in [1.54, 1.807) is 19.2 Å². The molecule has 2 aromatic rings. The van der Waals surface area contributed by atoms with Gasteiger partial charge in [-0.3, -0.25) is 0 Å². The molecule has 3 nitrogen and oxygen atoms in total. The zero-order chi connectivity index (χ0) is 15.2. The number of ether oxygens (including phenoxy) is 2. The van der Waals surface area contributed by atoms with Crippen LogP contribution >= 0.6 is 23.2 Å². The SMILES string of the molecule is CNC(COc1cccc(Cl)c1)c1cc(Cl)ccc1OC. The van der Waals surface area contributed by atoms with Crippen molar-refractivity contribution < 1.29 is 9.47 Å². The van der Waals surface area contributed by atoms with Crippen LogP contribution in [0.4, 0.5) is 0 Å². The standard InChI is InChI=1S/C16H17Cl2NO2/c1-19-15(10-21-13-5-3-4-11(17)8-13)14-9-12(18)6-7-16(14)20-2/h3-9,15,19H,10H2,1-2H3. The van der Waals surface area contributed by atoms with E-state index in [0.717, 1.165) is 17.1 Å². The fraction of sp³-hybridized carbons (Fsp3) is 0.250. The molecule has 1 atom stereocenters. The van der Waals surface area contributed by atoms with Crippen molar-refractivity contribution in [3.63, 3.8) is 0 Å². The molecule has 0 radical (unpaired) electrons. The maximum atomic E-state index is 6.07. The van der Waals surface area contributed by atoms with Gasteiger partial charge in [-0.2, -0.15) is 0 Å². The van der Waals surface area contributed by atoms with Crippen molar-refractivity contribution in [1.82, 2.24) is 5.32 Å². The van der Waals surface area contributed by atoms with Gasteiger partial charge < -0.3 is 14.8 Å². The van der Waals surface area contributed by atoms with E-state index in [9.17, 15) is 0 Å². The van der Waals surface area contributed by atoms with Gasteiger partial charge in [-0.25, -0.2) is 0 Å². The van der Waals surface area contributed by atoms with E-state index < -0.39 is 0 Å². The highest BCUT2D eigenvalue weighted by Crippen LogP contribution is 2.29. The van der Waals surface area contributed by atoms with Gasteiger partial charge in [0.2, 0.25) is 0 Å². The van der Waals surface area contributed by atoms with E-state index in [2.05, 4.69) is 5.32 Å². The van der Waals surface area contributed by atoms with Crippen molar-refractivity contribution in [2.45, 2.75) is 6.04 Å². The minimum absolute atomic E-state index is 0.0439. The topological polar surface area (TPSA) is 30.5 Å². The Morgan fingerprint density at radius 2 is 1.86 bits per heavy atom. The van der Waals surface area contributed by atoms with E-state index in [0.29, 0.717) is 16.7 Å². The van der Waals surface area contributed by atoms with Crippen LogP contribution in [0.1, 0.15) is 11.6 Å². The highest BCUT2D eigenvalue weighted by Gasteiger charge is 2.16. The average Bonchev–Trinajstić information content (AvgIpc) is 2.48. The molecule has 0 aliphatic carbocycles. The number of likely N-dealkylation sites (N-methyl/N-ethyl adjacent to an activating group) is 1. The molecule has 0 bridgehead atoms. The zero-order valence-electron chi connectivity index (χ0n) is 11.9. The first-order valence-corrected chi connectivity index (χ1v) is 7.28. The molecule has 0 saturated heterocycles. The molecule has 0 heterocycles. The molecule has 5 heteroatoms. The Hall–Kier alpha value is -1.42. The zero-order valence-corrected chi connectivity index (χ0v) is 13.4. The maximum Gasteiger partial charge on any atom is 0.123 e. The van der Waals surface area contributed by atoms with Crippen LogP contribution in [0.15, 0.2) is 42.5 Å². The Balaban J connectivity index is 2.15. The van der Waals surface area contributed by atoms with Crippen molar-refractivity contribution in [3.05, 3.63) is 58.1 Å². The third-order valence-electron chi connectivity index (χ3n) is 3.13. The predicted molar refractivity (Wildman–Crippen MR) is 86.8 cm³/mol. The Bertz CT molecular complexity index is 605. The first-order valence-electron chi connectivity index (χ1n) is 6.53.